The normalized spacial score (nSPS) is 10.4. The predicted octanol–water partition coefficient (Wildman–Crippen LogP) is 0.654. The van der Waals surface area contributed by atoms with Gasteiger partial charge in [0.25, 0.3) is 0 Å². The monoisotopic (exact) mass is 249 g/mol. The number of H-pyrrole nitrogens is 1. The Balaban J connectivity index is 2.10. The molecule has 88 valence electrons. The molecule has 0 radical (unpaired) electrons. The second-order valence-electron chi connectivity index (χ2n) is 3.41. The predicted molar refractivity (Wildman–Crippen MR) is 64.7 cm³/mol. The Morgan fingerprint density at radius 3 is 2.88 bits per heavy atom. The van der Waals surface area contributed by atoms with Gasteiger partial charge in [-0.05, 0) is 28.9 Å². The number of nitrogens with zero attached hydrogens (tertiary/aromatic N) is 2. The Hall–Kier alpha value is -1.82. The number of carbonyl (C=O) groups excluding carboxylic acids is 1. The number of carbonyl (C=O) groups is 1. The molecule has 1 aromatic carbocycles. The van der Waals surface area contributed by atoms with Crippen LogP contribution in [0, 0.1) is 0 Å². The highest BCUT2D eigenvalue weighted by molar-refractivity contribution is 7.99. The van der Waals surface area contributed by atoms with E-state index in [4.69, 9.17) is 5.73 Å². The minimum atomic E-state index is -0.292. The molecule has 17 heavy (non-hydrogen) atoms. The van der Waals surface area contributed by atoms with E-state index in [2.05, 4.69) is 10.1 Å². The lowest BCUT2D eigenvalue weighted by Crippen LogP contribution is -2.34. The number of hydrogen-bond acceptors (Lipinski definition) is 3. The van der Waals surface area contributed by atoms with Gasteiger partial charge in [0.1, 0.15) is 0 Å². The van der Waals surface area contributed by atoms with Crippen LogP contribution in [-0.4, -0.2) is 21.7 Å². The Morgan fingerprint density at radius 2 is 2.18 bits per heavy atom. The SMILES string of the molecule is NC(=O)CCSc1nc[nH][n+]1-c1ccccc1. The summed E-state index contributed by atoms with van der Waals surface area (Å²) in [4.78, 5) is 14.9. The average molecular weight is 249 g/mol. The van der Waals surface area contributed by atoms with Crippen molar-refractivity contribution in [3.63, 3.8) is 0 Å². The zero-order valence-corrected chi connectivity index (χ0v) is 9.98. The smallest absolute Gasteiger partial charge is 0.370 e. The summed E-state index contributed by atoms with van der Waals surface area (Å²) in [5.41, 5.74) is 6.10. The summed E-state index contributed by atoms with van der Waals surface area (Å²) in [6.07, 6.45) is 1.98. The van der Waals surface area contributed by atoms with E-state index in [1.54, 1.807) is 6.33 Å². The number of para-hydroxylation sites is 1. The molecule has 0 atom stereocenters. The third kappa shape index (κ3) is 3.07. The van der Waals surface area contributed by atoms with Crippen LogP contribution in [0.1, 0.15) is 6.42 Å². The second-order valence-corrected chi connectivity index (χ2v) is 4.47. The highest BCUT2D eigenvalue weighted by Crippen LogP contribution is 2.12. The summed E-state index contributed by atoms with van der Waals surface area (Å²) >= 11 is 1.50. The van der Waals surface area contributed by atoms with E-state index in [0.29, 0.717) is 12.2 Å². The molecule has 0 spiro atoms. The summed E-state index contributed by atoms with van der Waals surface area (Å²) in [5, 5.41) is 3.85. The highest BCUT2D eigenvalue weighted by atomic mass is 32.2. The van der Waals surface area contributed by atoms with Gasteiger partial charge in [0, 0.05) is 12.2 Å². The summed E-state index contributed by atoms with van der Waals surface area (Å²) in [6.45, 7) is 0. The standard InChI is InChI=1S/C11H12N4OS/c12-10(16)6-7-17-11-13-8-14-15(11)9-4-2-1-3-5-9/h1-5,8H,6-7H2,(H2,12,16)/p+1. The van der Waals surface area contributed by atoms with Crippen LogP contribution in [0.3, 0.4) is 0 Å². The number of nitrogens with one attached hydrogen (secondary N) is 1. The van der Waals surface area contributed by atoms with Gasteiger partial charge in [-0.25, -0.2) is 0 Å². The van der Waals surface area contributed by atoms with Crippen LogP contribution in [-0.2, 0) is 4.79 Å². The first kappa shape index (κ1) is 11.7. The molecule has 2 rings (SSSR count). The molecular weight excluding hydrogens is 236 g/mol. The summed E-state index contributed by atoms with van der Waals surface area (Å²) < 4.78 is 1.87. The van der Waals surface area contributed by atoms with Crippen molar-refractivity contribution in [3.8, 4) is 5.69 Å². The van der Waals surface area contributed by atoms with Crippen LogP contribution in [0.25, 0.3) is 5.69 Å². The molecule has 0 bridgehead atoms. The lowest BCUT2D eigenvalue weighted by molar-refractivity contribution is -0.694. The van der Waals surface area contributed by atoms with Crippen LogP contribution in [0.2, 0.25) is 0 Å². The van der Waals surface area contributed by atoms with Gasteiger partial charge in [-0.1, -0.05) is 18.2 Å². The van der Waals surface area contributed by atoms with Crippen LogP contribution in [0.5, 0.6) is 0 Å². The van der Waals surface area contributed by atoms with Gasteiger partial charge < -0.3 is 5.73 Å². The minimum Gasteiger partial charge on any atom is -0.370 e. The van der Waals surface area contributed by atoms with Crippen molar-refractivity contribution in [1.29, 1.82) is 0 Å². The third-order valence-electron chi connectivity index (χ3n) is 2.15. The fourth-order valence-corrected chi connectivity index (χ4v) is 2.26. The molecule has 0 saturated carbocycles. The molecule has 1 aromatic heterocycles. The van der Waals surface area contributed by atoms with E-state index in [-0.39, 0.29) is 5.91 Å². The first-order valence-electron chi connectivity index (χ1n) is 5.19. The van der Waals surface area contributed by atoms with Gasteiger partial charge in [-0.2, -0.15) is 5.10 Å². The van der Waals surface area contributed by atoms with Crippen LogP contribution in [0.15, 0.2) is 41.8 Å². The number of benzene rings is 1. The number of hydrogen-bond donors (Lipinski definition) is 2. The Bertz CT molecular complexity index is 497. The van der Waals surface area contributed by atoms with Crippen molar-refractivity contribution in [1.82, 2.24) is 10.1 Å². The molecule has 0 saturated heterocycles. The third-order valence-corrected chi connectivity index (χ3v) is 3.10. The molecule has 3 N–H and O–H groups in total. The quantitative estimate of drug-likeness (QED) is 0.603. The van der Waals surface area contributed by atoms with Gasteiger partial charge in [-0.3, -0.25) is 4.79 Å². The Labute approximate surface area is 103 Å². The number of aromatic amines is 1. The number of rotatable bonds is 5. The van der Waals surface area contributed by atoms with E-state index in [0.717, 1.165) is 10.8 Å². The lowest BCUT2D eigenvalue weighted by atomic mass is 10.3. The molecule has 0 unspecified atom stereocenters. The van der Waals surface area contributed by atoms with Crippen LogP contribution < -0.4 is 10.4 Å². The largest absolute Gasteiger partial charge is 0.385 e. The first-order valence-corrected chi connectivity index (χ1v) is 6.18. The molecule has 0 aliphatic heterocycles. The topological polar surface area (TPSA) is 75.7 Å². The maximum atomic E-state index is 10.7. The van der Waals surface area contributed by atoms with E-state index in [9.17, 15) is 4.79 Å². The number of primary amides is 1. The van der Waals surface area contributed by atoms with Crippen LogP contribution >= 0.6 is 11.8 Å². The molecule has 6 heteroatoms. The zero-order chi connectivity index (χ0) is 12.1. The number of aromatic nitrogens is 3. The molecule has 0 aliphatic carbocycles. The first-order chi connectivity index (χ1) is 8.27. The maximum absolute atomic E-state index is 10.7. The van der Waals surface area contributed by atoms with Gasteiger partial charge >= 0.3 is 5.16 Å². The molecule has 0 aliphatic rings. The molecule has 2 aromatic rings. The van der Waals surface area contributed by atoms with Crippen molar-refractivity contribution < 1.29 is 9.48 Å². The van der Waals surface area contributed by atoms with E-state index in [1.807, 2.05) is 35.0 Å². The van der Waals surface area contributed by atoms with Crippen molar-refractivity contribution >= 4 is 17.7 Å². The molecular formula is C11H13N4OS+. The lowest BCUT2D eigenvalue weighted by Gasteiger charge is -1.97. The Morgan fingerprint density at radius 1 is 1.41 bits per heavy atom. The molecule has 0 fully saturated rings. The van der Waals surface area contributed by atoms with E-state index < -0.39 is 0 Å². The average Bonchev–Trinajstić information content (AvgIpc) is 2.78. The Kier molecular flexibility index (Phi) is 3.77. The fraction of sp³-hybridized carbons (Fsp3) is 0.182. The van der Waals surface area contributed by atoms with Crippen molar-refractivity contribution in [2.45, 2.75) is 11.6 Å². The number of thioether (sulfide) groups is 1. The minimum absolute atomic E-state index is 0.292. The summed E-state index contributed by atoms with van der Waals surface area (Å²) in [5.74, 6) is 0.340. The summed E-state index contributed by atoms with van der Waals surface area (Å²) in [7, 11) is 0. The van der Waals surface area contributed by atoms with Gasteiger partial charge in [-0.15, -0.1) is 4.68 Å². The van der Waals surface area contributed by atoms with Crippen LogP contribution in [0.4, 0.5) is 0 Å². The van der Waals surface area contributed by atoms with Crippen molar-refractivity contribution in [3.05, 3.63) is 36.7 Å². The maximum Gasteiger partial charge on any atom is 0.385 e. The van der Waals surface area contributed by atoms with E-state index >= 15 is 0 Å². The fourth-order valence-electron chi connectivity index (χ4n) is 1.36. The number of amides is 1. The zero-order valence-electron chi connectivity index (χ0n) is 9.17. The molecule has 5 nitrogen and oxygen atoms in total. The highest BCUT2D eigenvalue weighted by Gasteiger charge is 2.16. The van der Waals surface area contributed by atoms with Gasteiger partial charge in [0.15, 0.2) is 5.69 Å². The molecule has 1 amide bonds. The van der Waals surface area contributed by atoms with Crippen molar-refractivity contribution in [2.75, 3.05) is 5.75 Å². The summed E-state index contributed by atoms with van der Waals surface area (Å²) in [6, 6.07) is 9.84. The number of nitrogens with two attached hydrogens (primary N) is 1. The van der Waals surface area contributed by atoms with Crippen molar-refractivity contribution in [2.24, 2.45) is 5.73 Å². The van der Waals surface area contributed by atoms with Gasteiger partial charge in [0.05, 0.1) is 0 Å². The second kappa shape index (κ2) is 5.49. The molecule has 1 heterocycles. The van der Waals surface area contributed by atoms with Gasteiger partial charge in [0.2, 0.25) is 12.2 Å². The van der Waals surface area contributed by atoms with E-state index in [1.165, 1.54) is 11.8 Å².